The summed E-state index contributed by atoms with van der Waals surface area (Å²) in [6, 6.07) is 20.2. The van der Waals surface area contributed by atoms with E-state index in [9.17, 15) is 13.2 Å². The van der Waals surface area contributed by atoms with Crippen LogP contribution in [-0.2, 0) is 13.2 Å². The first-order valence-corrected chi connectivity index (χ1v) is 9.30. The normalized spacial score (nSPS) is 11.4. The number of ether oxygens (including phenoxy) is 1. The van der Waals surface area contributed by atoms with Crippen molar-refractivity contribution >= 4 is 0 Å². The Morgan fingerprint density at radius 3 is 2.20 bits per heavy atom. The average Bonchev–Trinajstić information content (AvgIpc) is 3.16. The highest BCUT2D eigenvalue weighted by Gasteiger charge is 2.30. The zero-order valence-electron chi connectivity index (χ0n) is 15.9. The molecule has 4 aromatic rings. The number of hydrogen-bond donors (Lipinski definition) is 0. The van der Waals surface area contributed by atoms with E-state index in [1.54, 1.807) is 48.8 Å². The van der Waals surface area contributed by atoms with Gasteiger partial charge in [0.1, 0.15) is 18.9 Å². The molecule has 0 unspecified atom stereocenters. The van der Waals surface area contributed by atoms with Gasteiger partial charge in [-0.3, -0.25) is 9.67 Å². The van der Waals surface area contributed by atoms with Crippen molar-refractivity contribution < 1.29 is 17.9 Å². The van der Waals surface area contributed by atoms with Crippen LogP contribution in [-0.4, -0.2) is 20.9 Å². The van der Waals surface area contributed by atoms with Crippen molar-refractivity contribution in [1.82, 2.24) is 14.8 Å². The van der Waals surface area contributed by atoms with Gasteiger partial charge in [0.25, 0.3) is 0 Å². The molecule has 2 aromatic heterocycles. The molecule has 0 amide bonds. The molecule has 4 rings (SSSR count). The second-order valence-corrected chi connectivity index (χ2v) is 6.71. The highest BCUT2D eigenvalue weighted by atomic mass is 19.4. The summed E-state index contributed by atoms with van der Waals surface area (Å²) in [5, 5.41) is 4.00. The number of benzene rings is 2. The van der Waals surface area contributed by atoms with Gasteiger partial charge >= 0.3 is 6.18 Å². The Balaban J connectivity index is 1.64. The van der Waals surface area contributed by atoms with Crippen molar-refractivity contribution in [2.24, 2.45) is 0 Å². The van der Waals surface area contributed by atoms with Crippen LogP contribution in [0.1, 0.15) is 5.56 Å². The van der Waals surface area contributed by atoms with E-state index in [1.165, 1.54) is 6.20 Å². The third kappa shape index (κ3) is 4.68. The van der Waals surface area contributed by atoms with Crippen LogP contribution >= 0.6 is 0 Å². The summed E-state index contributed by atoms with van der Waals surface area (Å²) in [7, 11) is 0. The van der Waals surface area contributed by atoms with E-state index < -0.39 is 12.7 Å². The molecule has 0 bridgehead atoms. The van der Waals surface area contributed by atoms with Gasteiger partial charge in [-0.15, -0.1) is 0 Å². The van der Waals surface area contributed by atoms with Crippen molar-refractivity contribution in [3.05, 3.63) is 90.9 Å². The summed E-state index contributed by atoms with van der Waals surface area (Å²) in [5.41, 5.74) is 3.41. The summed E-state index contributed by atoms with van der Waals surface area (Å²) in [6.07, 6.45) is 0.271. The quantitative estimate of drug-likeness (QED) is 0.407. The smallest absolute Gasteiger partial charge is 0.408 e. The predicted octanol–water partition coefficient (Wildman–Crippen LogP) is 5.75. The molecule has 0 saturated carbocycles. The highest BCUT2D eigenvalue weighted by molar-refractivity contribution is 5.80. The standard InChI is InChI=1S/C23H18F3N3O/c24-23(25,26)16-29-22(21(14-28-29)18-10-12-27-13-11-18)19-6-8-20(9-7-19)30-15-17-4-2-1-3-5-17/h1-14H,15-16H2. The van der Waals surface area contributed by atoms with Gasteiger partial charge in [0.2, 0.25) is 0 Å². The lowest BCUT2D eigenvalue weighted by atomic mass is 10.0. The fourth-order valence-corrected chi connectivity index (χ4v) is 3.17. The number of hydrogen-bond acceptors (Lipinski definition) is 3. The molecule has 0 radical (unpaired) electrons. The molecule has 0 aliphatic rings. The lowest BCUT2D eigenvalue weighted by Crippen LogP contribution is -2.19. The van der Waals surface area contributed by atoms with Gasteiger partial charge in [-0.1, -0.05) is 30.3 Å². The van der Waals surface area contributed by atoms with Crippen molar-refractivity contribution in [2.75, 3.05) is 0 Å². The van der Waals surface area contributed by atoms with Gasteiger partial charge in [0, 0.05) is 23.5 Å². The number of aromatic nitrogens is 3. The Labute approximate surface area is 171 Å². The first-order chi connectivity index (χ1) is 14.5. The van der Waals surface area contributed by atoms with Crippen LogP contribution in [0.4, 0.5) is 13.2 Å². The van der Waals surface area contributed by atoms with Crippen LogP contribution in [0.15, 0.2) is 85.3 Å². The SMILES string of the molecule is FC(F)(F)Cn1ncc(-c2ccncc2)c1-c1ccc(OCc2ccccc2)cc1. The molecule has 0 spiro atoms. The molecular weight excluding hydrogens is 391 g/mol. The third-order valence-electron chi connectivity index (χ3n) is 4.54. The van der Waals surface area contributed by atoms with Crippen molar-refractivity contribution in [3.8, 4) is 28.1 Å². The van der Waals surface area contributed by atoms with Gasteiger partial charge in [-0.2, -0.15) is 18.3 Å². The Kier molecular flexibility index (Phi) is 5.52. The van der Waals surface area contributed by atoms with Crippen LogP contribution in [0.3, 0.4) is 0 Å². The van der Waals surface area contributed by atoms with Crippen molar-refractivity contribution in [1.29, 1.82) is 0 Å². The number of pyridine rings is 1. The maximum absolute atomic E-state index is 13.1. The monoisotopic (exact) mass is 409 g/mol. The zero-order chi connectivity index (χ0) is 21.0. The molecule has 0 aliphatic carbocycles. The average molecular weight is 409 g/mol. The molecule has 0 N–H and O–H groups in total. The van der Waals surface area contributed by atoms with Gasteiger partial charge < -0.3 is 4.74 Å². The van der Waals surface area contributed by atoms with Gasteiger partial charge in [-0.05, 0) is 47.5 Å². The molecule has 30 heavy (non-hydrogen) atoms. The highest BCUT2D eigenvalue weighted by Crippen LogP contribution is 2.34. The van der Waals surface area contributed by atoms with Crippen molar-refractivity contribution in [3.63, 3.8) is 0 Å². The molecule has 0 aliphatic heterocycles. The topological polar surface area (TPSA) is 39.9 Å². The van der Waals surface area contributed by atoms with Crippen LogP contribution in [0.5, 0.6) is 5.75 Å². The maximum atomic E-state index is 13.1. The molecule has 4 nitrogen and oxygen atoms in total. The van der Waals surface area contributed by atoms with E-state index in [-0.39, 0.29) is 0 Å². The lowest BCUT2D eigenvalue weighted by molar-refractivity contribution is -0.142. The van der Waals surface area contributed by atoms with Crippen LogP contribution in [0.25, 0.3) is 22.4 Å². The Bertz CT molecular complexity index is 1090. The summed E-state index contributed by atoms with van der Waals surface area (Å²) in [6.45, 7) is -0.756. The Hall–Kier alpha value is -3.61. The molecule has 2 heterocycles. The predicted molar refractivity (Wildman–Crippen MR) is 108 cm³/mol. The van der Waals surface area contributed by atoms with E-state index in [1.807, 2.05) is 30.3 Å². The number of alkyl halides is 3. The molecule has 0 saturated heterocycles. The largest absolute Gasteiger partial charge is 0.489 e. The fraction of sp³-hybridized carbons (Fsp3) is 0.130. The van der Waals surface area contributed by atoms with E-state index >= 15 is 0 Å². The van der Waals surface area contributed by atoms with E-state index in [4.69, 9.17) is 4.74 Å². The number of halogens is 3. The molecular formula is C23H18F3N3O. The van der Waals surface area contributed by atoms with E-state index in [0.717, 1.165) is 15.8 Å². The summed E-state index contributed by atoms with van der Waals surface area (Å²) < 4.78 is 46.0. The first-order valence-electron chi connectivity index (χ1n) is 9.30. The minimum absolute atomic E-state index is 0.396. The minimum Gasteiger partial charge on any atom is -0.489 e. The van der Waals surface area contributed by atoms with Gasteiger partial charge in [0.05, 0.1) is 11.9 Å². The molecule has 0 atom stereocenters. The van der Waals surface area contributed by atoms with Crippen LogP contribution in [0.2, 0.25) is 0 Å². The Morgan fingerprint density at radius 1 is 0.833 bits per heavy atom. The van der Waals surface area contributed by atoms with Gasteiger partial charge in [0.15, 0.2) is 0 Å². The fourth-order valence-electron chi connectivity index (χ4n) is 3.17. The summed E-state index contributed by atoms with van der Waals surface area (Å²) in [4.78, 5) is 3.97. The second-order valence-electron chi connectivity index (χ2n) is 6.71. The molecule has 2 aromatic carbocycles. The zero-order valence-corrected chi connectivity index (χ0v) is 15.9. The molecule has 152 valence electrons. The number of rotatable bonds is 6. The minimum atomic E-state index is -4.38. The molecule has 7 heteroatoms. The summed E-state index contributed by atoms with van der Waals surface area (Å²) in [5.74, 6) is 0.634. The second kappa shape index (κ2) is 8.41. The summed E-state index contributed by atoms with van der Waals surface area (Å²) >= 11 is 0. The first kappa shape index (κ1) is 19.7. The van der Waals surface area contributed by atoms with E-state index in [2.05, 4.69) is 10.1 Å². The Morgan fingerprint density at radius 2 is 1.53 bits per heavy atom. The molecule has 0 fully saturated rings. The van der Waals surface area contributed by atoms with Crippen LogP contribution in [0, 0.1) is 0 Å². The van der Waals surface area contributed by atoms with E-state index in [0.29, 0.717) is 29.2 Å². The third-order valence-corrected chi connectivity index (χ3v) is 4.54. The number of nitrogens with zero attached hydrogens (tertiary/aromatic N) is 3. The van der Waals surface area contributed by atoms with Gasteiger partial charge in [-0.25, -0.2) is 0 Å². The van der Waals surface area contributed by atoms with Crippen molar-refractivity contribution in [2.45, 2.75) is 19.3 Å². The lowest BCUT2D eigenvalue weighted by Gasteiger charge is -2.13. The van der Waals surface area contributed by atoms with Crippen LogP contribution < -0.4 is 4.74 Å². The maximum Gasteiger partial charge on any atom is 0.408 e.